The fourth-order valence-corrected chi connectivity index (χ4v) is 8.20. The van der Waals surface area contributed by atoms with Gasteiger partial charge in [0, 0.05) is 38.4 Å². The number of ether oxygens (including phenoxy) is 1. The van der Waals surface area contributed by atoms with Crippen molar-refractivity contribution < 1.29 is 34.1 Å². The summed E-state index contributed by atoms with van der Waals surface area (Å²) in [6.07, 6.45) is 5.64. The zero-order chi connectivity index (χ0) is 37.5. The van der Waals surface area contributed by atoms with Gasteiger partial charge in [-0.05, 0) is 43.6 Å². The lowest BCUT2D eigenvalue weighted by atomic mass is 9.76. The molecular formula is C39H59N5O7S. The number of benzene rings is 1. The van der Waals surface area contributed by atoms with Gasteiger partial charge < -0.3 is 35.8 Å². The smallest absolute Gasteiger partial charge is 0.243 e. The van der Waals surface area contributed by atoms with E-state index in [0.29, 0.717) is 57.7 Å². The van der Waals surface area contributed by atoms with E-state index < -0.39 is 47.4 Å². The second-order valence-corrected chi connectivity index (χ2v) is 15.2. The van der Waals surface area contributed by atoms with E-state index in [-0.39, 0.29) is 37.0 Å². The van der Waals surface area contributed by atoms with Gasteiger partial charge in [0.05, 0.1) is 54.0 Å². The van der Waals surface area contributed by atoms with Crippen LogP contribution >= 0.6 is 11.3 Å². The summed E-state index contributed by atoms with van der Waals surface area (Å²) >= 11 is 1.39. The fourth-order valence-electron chi connectivity index (χ4n) is 7.63. The Morgan fingerprint density at radius 3 is 2.29 bits per heavy atom. The molecule has 2 fully saturated rings. The molecule has 1 aromatic heterocycles. The van der Waals surface area contributed by atoms with Gasteiger partial charge >= 0.3 is 0 Å². The van der Waals surface area contributed by atoms with Crippen molar-refractivity contribution in [1.82, 2.24) is 25.8 Å². The molecule has 1 saturated carbocycles. The Balaban J connectivity index is 1.58. The molecule has 52 heavy (non-hydrogen) atoms. The first-order chi connectivity index (χ1) is 25.1. The average Bonchev–Trinajstić information content (AvgIpc) is 3.69. The first-order valence-electron chi connectivity index (χ1n) is 19.1. The Morgan fingerprint density at radius 2 is 1.67 bits per heavy atom. The number of aliphatic hydroxyl groups excluding tert-OH is 1. The zero-order valence-corrected chi connectivity index (χ0v) is 31.9. The molecule has 1 aliphatic heterocycles. The van der Waals surface area contributed by atoms with Crippen molar-refractivity contribution in [2.45, 2.75) is 115 Å². The molecule has 2 heterocycles. The Kier molecular flexibility index (Phi) is 16.5. The number of carbonyl (C=O) groups excluding carboxylic acids is 4. The maximum Gasteiger partial charge on any atom is 0.243 e. The summed E-state index contributed by atoms with van der Waals surface area (Å²) in [5, 5.41) is 33.7. The highest BCUT2D eigenvalue weighted by molar-refractivity contribution is 7.07. The van der Waals surface area contributed by atoms with Gasteiger partial charge in [0.2, 0.25) is 23.6 Å². The van der Waals surface area contributed by atoms with E-state index in [4.69, 9.17) is 4.74 Å². The molecule has 12 nitrogen and oxygen atoms in total. The SMILES string of the molecule is CCC(O)(CC)C(CC(O)C(CC1CCCCC1)NC(=O)[C@H](Cc1cscn1)NC(=O)C(CC(=O)N1CCOCC1)Cc1ccccc1)C(=O)NC. The normalized spacial score (nSPS) is 18.4. The van der Waals surface area contributed by atoms with Gasteiger partial charge in [0.15, 0.2) is 0 Å². The summed E-state index contributed by atoms with van der Waals surface area (Å²) in [5.41, 5.74) is 1.88. The molecule has 4 unspecified atom stereocenters. The van der Waals surface area contributed by atoms with Gasteiger partial charge in [-0.25, -0.2) is 4.98 Å². The number of nitrogens with one attached hydrogen (secondary N) is 3. The molecule has 1 aliphatic carbocycles. The molecule has 288 valence electrons. The molecule has 0 bridgehead atoms. The quantitative estimate of drug-likeness (QED) is 0.146. The third-order valence-corrected chi connectivity index (χ3v) is 11.7. The number of carbonyl (C=O) groups is 4. The van der Waals surface area contributed by atoms with Crippen LogP contribution in [0.4, 0.5) is 0 Å². The molecule has 1 saturated heterocycles. The molecule has 0 spiro atoms. The number of hydrogen-bond acceptors (Lipinski definition) is 9. The second-order valence-electron chi connectivity index (χ2n) is 14.5. The van der Waals surface area contributed by atoms with Gasteiger partial charge in [-0.2, -0.15) is 0 Å². The molecule has 4 amide bonds. The number of aliphatic hydroxyl groups is 2. The van der Waals surface area contributed by atoms with Crippen molar-refractivity contribution in [3.05, 3.63) is 52.5 Å². The van der Waals surface area contributed by atoms with E-state index in [1.54, 1.807) is 10.4 Å². The molecule has 0 radical (unpaired) electrons. The number of amides is 4. The molecule has 5 atom stereocenters. The van der Waals surface area contributed by atoms with E-state index in [9.17, 15) is 29.4 Å². The number of nitrogens with zero attached hydrogens (tertiary/aromatic N) is 2. The third kappa shape index (κ3) is 12.1. The predicted molar refractivity (Wildman–Crippen MR) is 200 cm³/mol. The standard InChI is InChI=1S/C39H59N5O7S/c1-4-39(50,5-2)31(37(48)40-3)24-34(45)32(21-28-14-10-7-11-15-28)42-38(49)33(23-30-25-52-26-41-30)43-36(47)29(20-27-12-8-6-9-13-27)22-35(46)44-16-18-51-19-17-44/h6,8-9,12-13,25-26,28-29,31-34,45,50H,4-5,7,10-11,14-24H2,1-3H3,(H,40,48)(H,42,49)(H,43,47)/t29?,31?,32?,33-,34?/m0/s1. The zero-order valence-electron chi connectivity index (χ0n) is 31.1. The van der Waals surface area contributed by atoms with Crippen LogP contribution < -0.4 is 16.0 Å². The first kappa shape index (κ1) is 41.4. The summed E-state index contributed by atoms with van der Waals surface area (Å²) in [6.45, 7) is 5.46. The topological polar surface area (TPSA) is 170 Å². The van der Waals surface area contributed by atoms with Crippen LogP contribution in [-0.4, -0.2) is 101 Å². The molecule has 5 N–H and O–H groups in total. The second kappa shape index (κ2) is 20.7. The van der Waals surface area contributed by atoms with Crippen LogP contribution in [0.1, 0.15) is 89.3 Å². The highest BCUT2D eigenvalue weighted by atomic mass is 32.1. The molecule has 2 aromatic rings. The molecular weight excluding hydrogens is 683 g/mol. The number of rotatable bonds is 19. The van der Waals surface area contributed by atoms with Crippen LogP contribution in [0.25, 0.3) is 0 Å². The van der Waals surface area contributed by atoms with Gasteiger partial charge in [-0.3, -0.25) is 19.2 Å². The van der Waals surface area contributed by atoms with E-state index >= 15 is 0 Å². The van der Waals surface area contributed by atoms with Gasteiger partial charge in [0.1, 0.15) is 6.04 Å². The van der Waals surface area contributed by atoms with Crippen LogP contribution in [0.2, 0.25) is 0 Å². The van der Waals surface area contributed by atoms with Crippen molar-refractivity contribution in [1.29, 1.82) is 0 Å². The highest BCUT2D eigenvalue weighted by Gasteiger charge is 2.42. The number of aromatic nitrogens is 1. The molecule has 4 rings (SSSR count). The van der Waals surface area contributed by atoms with Crippen molar-refractivity contribution in [3.63, 3.8) is 0 Å². The third-order valence-electron chi connectivity index (χ3n) is 11.0. The summed E-state index contributed by atoms with van der Waals surface area (Å²) in [7, 11) is 1.51. The van der Waals surface area contributed by atoms with Crippen LogP contribution in [-0.2, 0) is 36.8 Å². The lowest BCUT2D eigenvalue weighted by molar-refractivity contribution is -0.140. The van der Waals surface area contributed by atoms with Crippen molar-refractivity contribution in [3.8, 4) is 0 Å². The van der Waals surface area contributed by atoms with Gasteiger partial charge in [-0.15, -0.1) is 11.3 Å². The minimum Gasteiger partial charge on any atom is -0.391 e. The Morgan fingerprint density at radius 1 is 0.981 bits per heavy atom. The van der Waals surface area contributed by atoms with E-state index in [1.807, 2.05) is 49.6 Å². The number of hydrogen-bond donors (Lipinski definition) is 5. The van der Waals surface area contributed by atoms with Gasteiger partial charge in [0.25, 0.3) is 0 Å². The van der Waals surface area contributed by atoms with E-state index in [2.05, 4.69) is 20.9 Å². The van der Waals surface area contributed by atoms with E-state index in [1.165, 1.54) is 18.4 Å². The summed E-state index contributed by atoms with van der Waals surface area (Å²) in [6, 6.07) is 7.75. The number of morpholine rings is 1. The van der Waals surface area contributed by atoms with Crippen LogP contribution in [0, 0.1) is 17.8 Å². The Hall–Kier alpha value is -3.39. The van der Waals surface area contributed by atoms with Crippen LogP contribution in [0.5, 0.6) is 0 Å². The van der Waals surface area contributed by atoms with Gasteiger partial charge in [-0.1, -0.05) is 76.3 Å². The lowest BCUT2D eigenvalue weighted by Gasteiger charge is -2.37. The molecule has 1 aromatic carbocycles. The first-order valence-corrected chi connectivity index (χ1v) is 20.0. The minimum absolute atomic E-state index is 0.0204. The lowest BCUT2D eigenvalue weighted by Crippen LogP contribution is -2.56. The number of thiazole rings is 1. The summed E-state index contributed by atoms with van der Waals surface area (Å²) in [5.74, 6) is -2.74. The van der Waals surface area contributed by atoms with Crippen LogP contribution in [0.3, 0.4) is 0 Å². The average molecular weight is 742 g/mol. The molecule has 13 heteroatoms. The van der Waals surface area contributed by atoms with Crippen LogP contribution in [0.15, 0.2) is 41.2 Å². The maximum absolute atomic E-state index is 14.3. The summed E-state index contributed by atoms with van der Waals surface area (Å²) in [4.78, 5) is 61.0. The van der Waals surface area contributed by atoms with Crippen molar-refractivity contribution >= 4 is 35.0 Å². The monoisotopic (exact) mass is 741 g/mol. The summed E-state index contributed by atoms with van der Waals surface area (Å²) < 4.78 is 5.42. The highest BCUT2D eigenvalue weighted by Crippen LogP contribution is 2.33. The van der Waals surface area contributed by atoms with E-state index in [0.717, 1.165) is 37.7 Å². The minimum atomic E-state index is -1.33. The largest absolute Gasteiger partial charge is 0.391 e. The van der Waals surface area contributed by atoms with Crippen molar-refractivity contribution in [2.24, 2.45) is 17.8 Å². The fraction of sp³-hybridized carbons (Fsp3) is 0.667. The molecule has 2 aliphatic rings. The Bertz CT molecular complexity index is 1390. The predicted octanol–water partition coefficient (Wildman–Crippen LogP) is 3.40. The van der Waals surface area contributed by atoms with Crippen molar-refractivity contribution in [2.75, 3.05) is 33.4 Å². The Labute approximate surface area is 312 Å². The maximum atomic E-state index is 14.3.